The molecule has 110 valence electrons. The monoisotopic (exact) mass is 279 g/mol. The van der Waals surface area contributed by atoms with Gasteiger partial charge in [-0.25, -0.2) is 0 Å². The molecule has 0 N–H and O–H groups in total. The molecule has 0 fully saturated rings. The highest BCUT2D eigenvalue weighted by Crippen LogP contribution is 2.29. The number of hydrogen-bond donors (Lipinski definition) is 0. The summed E-state index contributed by atoms with van der Waals surface area (Å²) in [7, 11) is 0. The molecule has 1 aromatic carbocycles. The molecule has 1 aliphatic rings. The van der Waals surface area contributed by atoms with Crippen molar-refractivity contribution in [2.75, 3.05) is 0 Å². The summed E-state index contributed by atoms with van der Waals surface area (Å²) in [5, 5.41) is 1.34. The molecule has 0 saturated heterocycles. The Morgan fingerprint density at radius 3 is 2.81 bits per heavy atom. The third-order valence-corrected chi connectivity index (χ3v) is 4.81. The van der Waals surface area contributed by atoms with Gasteiger partial charge in [-0.05, 0) is 61.6 Å². The number of aromatic nitrogens is 1. The minimum atomic E-state index is 0.642. The lowest BCUT2D eigenvalue weighted by molar-refractivity contribution is 0.585. The summed E-state index contributed by atoms with van der Waals surface area (Å²) in [5.41, 5.74) is 5.68. The van der Waals surface area contributed by atoms with E-state index in [1.54, 1.807) is 5.57 Å². The van der Waals surface area contributed by atoms with E-state index in [0.29, 0.717) is 5.92 Å². The van der Waals surface area contributed by atoms with Gasteiger partial charge in [-0.2, -0.15) is 0 Å². The third-order valence-electron chi connectivity index (χ3n) is 4.81. The van der Waals surface area contributed by atoms with Crippen molar-refractivity contribution in [2.24, 2.45) is 5.92 Å². The van der Waals surface area contributed by atoms with Crippen LogP contribution in [0.25, 0.3) is 10.9 Å². The number of rotatable bonds is 4. The van der Waals surface area contributed by atoms with E-state index in [0.717, 1.165) is 12.8 Å². The molecule has 1 aromatic heterocycles. The quantitative estimate of drug-likeness (QED) is 0.676. The molecule has 0 aliphatic heterocycles. The second-order valence-electron chi connectivity index (χ2n) is 6.27. The first-order valence-corrected chi connectivity index (χ1v) is 8.34. The Morgan fingerprint density at radius 1 is 1.14 bits per heavy atom. The van der Waals surface area contributed by atoms with Crippen molar-refractivity contribution in [3.8, 4) is 0 Å². The average molecular weight is 279 g/mol. The topological polar surface area (TPSA) is 12.9 Å². The molecule has 1 unspecified atom stereocenters. The van der Waals surface area contributed by atoms with Crippen molar-refractivity contribution < 1.29 is 0 Å². The summed E-state index contributed by atoms with van der Waals surface area (Å²) in [6.07, 6.45) is 11.9. The van der Waals surface area contributed by atoms with Gasteiger partial charge in [0.2, 0.25) is 0 Å². The van der Waals surface area contributed by atoms with Crippen LogP contribution in [-0.2, 0) is 12.8 Å². The van der Waals surface area contributed by atoms with E-state index in [1.165, 1.54) is 47.7 Å². The molecule has 0 saturated carbocycles. The van der Waals surface area contributed by atoms with E-state index >= 15 is 0 Å². The average Bonchev–Trinajstić information content (AvgIpc) is 2.55. The lowest BCUT2D eigenvalue weighted by atomic mass is 9.86. The molecule has 1 heterocycles. The summed E-state index contributed by atoms with van der Waals surface area (Å²) in [6, 6.07) is 8.82. The molecule has 0 radical (unpaired) electrons. The van der Waals surface area contributed by atoms with E-state index in [1.807, 2.05) is 6.20 Å². The van der Waals surface area contributed by atoms with Gasteiger partial charge in [0.25, 0.3) is 0 Å². The maximum atomic E-state index is 4.67. The highest BCUT2D eigenvalue weighted by molar-refractivity contribution is 5.84. The van der Waals surface area contributed by atoms with Crippen molar-refractivity contribution in [1.29, 1.82) is 0 Å². The number of allylic oxidation sites excluding steroid dienone is 2. The van der Waals surface area contributed by atoms with Crippen LogP contribution in [0, 0.1) is 5.92 Å². The largest absolute Gasteiger partial charge is 0.256 e. The van der Waals surface area contributed by atoms with E-state index in [2.05, 4.69) is 49.2 Å². The van der Waals surface area contributed by atoms with Crippen LogP contribution in [0.15, 0.2) is 42.1 Å². The fourth-order valence-electron chi connectivity index (χ4n) is 3.54. The zero-order valence-corrected chi connectivity index (χ0v) is 13.2. The lowest BCUT2D eigenvalue weighted by Gasteiger charge is -2.20. The number of hydrogen-bond acceptors (Lipinski definition) is 1. The number of aryl methyl sites for hydroxylation is 1. The van der Waals surface area contributed by atoms with Crippen molar-refractivity contribution >= 4 is 10.9 Å². The van der Waals surface area contributed by atoms with Crippen LogP contribution in [0.3, 0.4) is 0 Å². The maximum absolute atomic E-state index is 4.67. The fraction of sp³-hybridized carbons (Fsp3) is 0.450. The second-order valence-corrected chi connectivity index (χ2v) is 6.27. The van der Waals surface area contributed by atoms with Crippen molar-refractivity contribution in [1.82, 2.24) is 4.98 Å². The van der Waals surface area contributed by atoms with Crippen molar-refractivity contribution in [3.05, 3.63) is 53.2 Å². The van der Waals surface area contributed by atoms with E-state index in [4.69, 9.17) is 0 Å². The molecule has 2 aromatic rings. The van der Waals surface area contributed by atoms with Crippen LogP contribution in [0.2, 0.25) is 0 Å². The zero-order chi connectivity index (χ0) is 14.7. The molecule has 0 bridgehead atoms. The maximum Gasteiger partial charge on any atom is 0.0736 e. The Labute approximate surface area is 128 Å². The zero-order valence-electron chi connectivity index (χ0n) is 13.2. The smallest absolute Gasteiger partial charge is 0.0736 e. The van der Waals surface area contributed by atoms with Crippen LogP contribution in [0.1, 0.15) is 50.7 Å². The standard InChI is InChI=1S/C20H25N/c1-3-16-12-13-21-20-18(10-7-11-19(16)20)14-15(2)17-8-5-4-6-9-17/h7-8,10-13,15H,3-6,9,14H2,1-2H3. The normalized spacial score (nSPS) is 16.8. The Bertz CT molecular complexity index is 654. The minimum Gasteiger partial charge on any atom is -0.256 e. The number of fused-ring (bicyclic) bond motifs is 1. The molecule has 3 rings (SSSR count). The van der Waals surface area contributed by atoms with Gasteiger partial charge < -0.3 is 0 Å². The summed E-state index contributed by atoms with van der Waals surface area (Å²) in [5.74, 6) is 0.642. The fourth-order valence-corrected chi connectivity index (χ4v) is 3.54. The van der Waals surface area contributed by atoms with Gasteiger partial charge >= 0.3 is 0 Å². The first-order chi connectivity index (χ1) is 10.3. The van der Waals surface area contributed by atoms with Crippen LogP contribution >= 0.6 is 0 Å². The third kappa shape index (κ3) is 3.02. The van der Waals surface area contributed by atoms with E-state index in [9.17, 15) is 0 Å². The number of para-hydroxylation sites is 1. The van der Waals surface area contributed by atoms with E-state index in [-0.39, 0.29) is 0 Å². The molecular weight excluding hydrogens is 254 g/mol. The second kappa shape index (κ2) is 6.43. The first kappa shape index (κ1) is 14.3. The van der Waals surface area contributed by atoms with Gasteiger partial charge in [0.05, 0.1) is 5.52 Å². The lowest BCUT2D eigenvalue weighted by Crippen LogP contribution is -2.07. The minimum absolute atomic E-state index is 0.642. The first-order valence-electron chi connectivity index (χ1n) is 8.34. The number of nitrogens with zero attached hydrogens (tertiary/aromatic N) is 1. The molecule has 21 heavy (non-hydrogen) atoms. The van der Waals surface area contributed by atoms with Crippen molar-refractivity contribution in [2.45, 2.75) is 52.4 Å². The highest BCUT2D eigenvalue weighted by atomic mass is 14.7. The molecule has 0 amide bonds. The van der Waals surface area contributed by atoms with Gasteiger partial charge in [0, 0.05) is 11.6 Å². The SMILES string of the molecule is CCc1ccnc2c(CC(C)C3=CCCCC3)cccc12. The molecule has 1 aliphatic carbocycles. The van der Waals surface area contributed by atoms with Gasteiger partial charge in [-0.3, -0.25) is 4.98 Å². The highest BCUT2D eigenvalue weighted by Gasteiger charge is 2.14. The molecule has 1 nitrogen and oxygen atoms in total. The van der Waals surface area contributed by atoms with Crippen LogP contribution < -0.4 is 0 Å². The van der Waals surface area contributed by atoms with Crippen LogP contribution in [-0.4, -0.2) is 4.98 Å². The predicted molar refractivity (Wildman–Crippen MR) is 90.5 cm³/mol. The summed E-state index contributed by atoms with van der Waals surface area (Å²) >= 11 is 0. The summed E-state index contributed by atoms with van der Waals surface area (Å²) in [6.45, 7) is 4.59. The van der Waals surface area contributed by atoms with Gasteiger partial charge in [0.1, 0.15) is 0 Å². The van der Waals surface area contributed by atoms with Crippen molar-refractivity contribution in [3.63, 3.8) is 0 Å². The molecular formula is C20H25N. The number of pyridine rings is 1. The predicted octanol–water partition coefficient (Wildman–Crippen LogP) is 5.48. The molecule has 0 spiro atoms. The molecule has 1 heteroatoms. The summed E-state index contributed by atoms with van der Waals surface area (Å²) in [4.78, 5) is 4.67. The molecule has 1 atom stereocenters. The van der Waals surface area contributed by atoms with E-state index < -0.39 is 0 Å². The summed E-state index contributed by atoms with van der Waals surface area (Å²) < 4.78 is 0. The van der Waals surface area contributed by atoms with Crippen LogP contribution in [0.5, 0.6) is 0 Å². The Hall–Kier alpha value is -1.63. The Balaban J connectivity index is 1.92. The number of benzene rings is 1. The van der Waals surface area contributed by atoms with Gasteiger partial charge in [0.15, 0.2) is 0 Å². The van der Waals surface area contributed by atoms with Gasteiger partial charge in [-0.15, -0.1) is 0 Å². The Kier molecular flexibility index (Phi) is 4.38. The van der Waals surface area contributed by atoms with Crippen LogP contribution in [0.4, 0.5) is 0 Å². The Morgan fingerprint density at radius 2 is 2.05 bits per heavy atom. The van der Waals surface area contributed by atoms with Gasteiger partial charge in [-0.1, -0.05) is 43.7 Å².